The first-order chi connectivity index (χ1) is 21.2. The molecule has 44 heavy (non-hydrogen) atoms. The number of thiazole rings is 1. The Morgan fingerprint density at radius 2 is 2.07 bits per heavy atom. The minimum atomic E-state index is -0.783. The maximum atomic E-state index is 14.1. The van der Waals surface area contributed by atoms with Crippen LogP contribution >= 0.6 is 34.5 Å². The number of hydrogen-bond donors (Lipinski definition) is 3. The zero-order valence-electron chi connectivity index (χ0n) is 23.9. The number of anilines is 1. The number of nitrogen functional groups attached to an aromatic ring is 1. The highest BCUT2D eigenvalue weighted by Gasteiger charge is 2.52. The van der Waals surface area contributed by atoms with Crippen LogP contribution in [0, 0.1) is 0 Å². The van der Waals surface area contributed by atoms with Crippen molar-refractivity contribution in [2.45, 2.75) is 45.1 Å². The van der Waals surface area contributed by atoms with E-state index in [1.54, 1.807) is 50.5 Å². The van der Waals surface area contributed by atoms with Gasteiger partial charge in [-0.15, -0.1) is 0 Å². The molecule has 230 valence electrons. The van der Waals surface area contributed by atoms with Crippen LogP contribution < -0.4 is 11.1 Å². The molecular weight excluding hydrogens is 625 g/mol. The summed E-state index contributed by atoms with van der Waals surface area (Å²) in [6.45, 7) is 3.01. The number of nitrogens with two attached hydrogens (primary N) is 1. The van der Waals surface area contributed by atoms with Gasteiger partial charge in [0.2, 0.25) is 11.8 Å². The molecule has 4 aromatic rings. The summed E-state index contributed by atoms with van der Waals surface area (Å²) < 4.78 is 0.936. The van der Waals surface area contributed by atoms with Gasteiger partial charge in [0.25, 0.3) is 0 Å². The molecule has 15 heteroatoms. The Kier molecular flexibility index (Phi) is 8.63. The number of hydrogen-bond acceptors (Lipinski definition) is 8. The van der Waals surface area contributed by atoms with Crippen molar-refractivity contribution in [3.8, 4) is 0 Å². The Morgan fingerprint density at radius 3 is 2.82 bits per heavy atom. The minimum Gasteiger partial charge on any atom is -0.375 e. The standard InChI is InChI=1S/C29H31Cl2N9O3S/c1-2-8-38(29(43)34-11-17-6-7-20(30)21(31)9-17)39-15-25(41)40-22(10-19-12-33-16-35-19)27(42)37(14-24(39)40)13-18-4-3-5-23-26(18)36-28(32)44-23/h3-7,9,12,16,22,24H,2,8,10-11,13-15H2,1H3,(H2,32,36)(H,33,35)(H,34,43)/t22-,24+/m0/s1. The fourth-order valence-electron chi connectivity index (χ4n) is 5.83. The molecule has 0 unspecified atom stereocenters. The third kappa shape index (κ3) is 5.92. The first kappa shape index (κ1) is 30.1. The highest BCUT2D eigenvalue weighted by molar-refractivity contribution is 7.22. The highest BCUT2D eigenvalue weighted by atomic mass is 35.5. The number of H-pyrrole nitrogens is 1. The maximum absolute atomic E-state index is 14.1. The number of halogens is 2. The van der Waals surface area contributed by atoms with Crippen molar-refractivity contribution in [1.82, 2.24) is 40.1 Å². The quantitative estimate of drug-likeness (QED) is 0.248. The van der Waals surface area contributed by atoms with Crippen molar-refractivity contribution < 1.29 is 14.4 Å². The molecule has 4 N–H and O–H groups in total. The van der Waals surface area contributed by atoms with Gasteiger partial charge in [0.1, 0.15) is 12.2 Å². The third-order valence-electron chi connectivity index (χ3n) is 7.82. The predicted molar refractivity (Wildman–Crippen MR) is 169 cm³/mol. The van der Waals surface area contributed by atoms with Crippen LogP contribution in [-0.4, -0.2) is 84.5 Å². The Hall–Kier alpha value is -3.91. The van der Waals surface area contributed by atoms with E-state index in [-0.39, 0.29) is 50.4 Å². The number of amides is 4. The second-order valence-corrected chi connectivity index (χ2v) is 12.6. The molecule has 0 saturated carbocycles. The van der Waals surface area contributed by atoms with Gasteiger partial charge >= 0.3 is 6.03 Å². The summed E-state index contributed by atoms with van der Waals surface area (Å²) in [5.74, 6) is -0.405. The molecule has 6 rings (SSSR count). The van der Waals surface area contributed by atoms with E-state index in [1.807, 2.05) is 25.1 Å². The van der Waals surface area contributed by atoms with Gasteiger partial charge in [-0.3, -0.25) is 14.6 Å². The first-order valence-electron chi connectivity index (χ1n) is 14.2. The number of nitrogens with one attached hydrogen (secondary N) is 2. The Balaban J connectivity index is 1.29. The zero-order valence-corrected chi connectivity index (χ0v) is 26.2. The lowest BCUT2D eigenvalue weighted by Gasteiger charge is -2.46. The maximum Gasteiger partial charge on any atom is 0.332 e. The van der Waals surface area contributed by atoms with Gasteiger partial charge < -0.3 is 25.8 Å². The smallest absolute Gasteiger partial charge is 0.332 e. The van der Waals surface area contributed by atoms with E-state index in [0.29, 0.717) is 28.1 Å². The lowest BCUT2D eigenvalue weighted by atomic mass is 10.0. The minimum absolute atomic E-state index is 0.0380. The molecule has 2 aromatic heterocycles. The number of imidazole rings is 1. The SMILES string of the molecule is CCCN(C(=O)NCc1ccc(Cl)c(Cl)c1)N1CC(=O)N2[C@@H](Cc3cnc[nH]3)C(=O)N(Cc3cccc4sc(N)nc34)C[C@@H]21. The lowest BCUT2D eigenvalue weighted by molar-refractivity contribution is -0.157. The normalized spacial score (nSPS) is 18.7. The number of aromatic nitrogens is 3. The van der Waals surface area contributed by atoms with Crippen molar-refractivity contribution >= 4 is 67.7 Å². The topological polar surface area (TPSA) is 144 Å². The van der Waals surface area contributed by atoms with Crippen molar-refractivity contribution in [1.29, 1.82) is 0 Å². The van der Waals surface area contributed by atoms with Gasteiger partial charge in [-0.1, -0.05) is 59.7 Å². The number of carbonyl (C=O) groups excluding carboxylic acids is 3. The highest BCUT2D eigenvalue weighted by Crippen LogP contribution is 2.32. The van der Waals surface area contributed by atoms with E-state index in [2.05, 4.69) is 20.3 Å². The van der Waals surface area contributed by atoms with E-state index in [4.69, 9.17) is 28.9 Å². The van der Waals surface area contributed by atoms with Crippen LogP contribution in [0.25, 0.3) is 10.2 Å². The molecule has 2 fully saturated rings. The van der Waals surface area contributed by atoms with Gasteiger partial charge in [0, 0.05) is 37.9 Å². The molecule has 2 aliphatic rings. The molecule has 0 spiro atoms. The van der Waals surface area contributed by atoms with Gasteiger partial charge in [0.15, 0.2) is 5.13 Å². The van der Waals surface area contributed by atoms with Crippen LogP contribution in [0.5, 0.6) is 0 Å². The molecule has 2 atom stereocenters. The number of benzene rings is 2. The number of para-hydroxylation sites is 1. The molecule has 0 aliphatic carbocycles. The molecule has 0 radical (unpaired) electrons. The monoisotopic (exact) mass is 655 g/mol. The molecule has 4 amide bonds. The second kappa shape index (κ2) is 12.6. The van der Waals surface area contributed by atoms with Crippen LogP contribution in [-0.2, 0) is 29.1 Å². The number of piperazine rings is 1. The largest absolute Gasteiger partial charge is 0.375 e. The summed E-state index contributed by atoms with van der Waals surface area (Å²) in [5.41, 5.74) is 9.13. The van der Waals surface area contributed by atoms with Crippen LogP contribution in [0.1, 0.15) is 30.2 Å². The average molecular weight is 657 g/mol. The van der Waals surface area contributed by atoms with Gasteiger partial charge in [0.05, 0.1) is 39.7 Å². The van der Waals surface area contributed by atoms with Crippen molar-refractivity contribution in [3.63, 3.8) is 0 Å². The van der Waals surface area contributed by atoms with Crippen molar-refractivity contribution in [3.05, 3.63) is 75.8 Å². The fourth-order valence-corrected chi connectivity index (χ4v) is 6.93. The molecular formula is C29H31Cl2N9O3S. The Bertz CT molecular complexity index is 1700. The van der Waals surface area contributed by atoms with Crippen LogP contribution in [0.3, 0.4) is 0 Å². The van der Waals surface area contributed by atoms with E-state index in [9.17, 15) is 14.4 Å². The van der Waals surface area contributed by atoms with Crippen LogP contribution in [0.4, 0.5) is 9.93 Å². The number of nitrogens with zero attached hydrogens (tertiary/aromatic N) is 6. The van der Waals surface area contributed by atoms with Crippen molar-refractivity contribution in [2.24, 2.45) is 0 Å². The van der Waals surface area contributed by atoms with Crippen LogP contribution in [0.15, 0.2) is 48.9 Å². The Labute approximate surface area is 267 Å². The Morgan fingerprint density at radius 1 is 1.23 bits per heavy atom. The number of carbonyl (C=O) groups is 3. The molecule has 0 bridgehead atoms. The molecule has 12 nitrogen and oxygen atoms in total. The molecule has 4 heterocycles. The summed E-state index contributed by atoms with van der Waals surface area (Å²) in [5, 5.41) is 7.58. The number of urea groups is 1. The fraction of sp³-hybridized carbons (Fsp3) is 0.345. The van der Waals surface area contributed by atoms with Gasteiger partial charge in [-0.2, -0.15) is 5.01 Å². The van der Waals surface area contributed by atoms with E-state index >= 15 is 0 Å². The molecule has 2 saturated heterocycles. The number of aromatic amines is 1. The van der Waals surface area contributed by atoms with Crippen LogP contribution in [0.2, 0.25) is 10.0 Å². The van der Waals surface area contributed by atoms with E-state index in [1.165, 1.54) is 11.3 Å². The van der Waals surface area contributed by atoms with Gasteiger partial charge in [-0.25, -0.2) is 14.8 Å². The number of fused-ring (bicyclic) bond motifs is 2. The summed E-state index contributed by atoms with van der Waals surface area (Å²) >= 11 is 13.6. The summed E-state index contributed by atoms with van der Waals surface area (Å²) in [4.78, 5) is 56.3. The summed E-state index contributed by atoms with van der Waals surface area (Å²) in [7, 11) is 0. The second-order valence-electron chi connectivity index (χ2n) is 10.7. The summed E-state index contributed by atoms with van der Waals surface area (Å²) in [6.07, 6.45) is 3.56. The van der Waals surface area contributed by atoms with E-state index in [0.717, 1.165) is 27.0 Å². The molecule has 2 aromatic carbocycles. The average Bonchev–Trinajstić information content (AvgIpc) is 3.73. The number of hydrazine groups is 1. The van der Waals surface area contributed by atoms with E-state index < -0.39 is 12.2 Å². The zero-order chi connectivity index (χ0) is 31.0. The third-order valence-corrected chi connectivity index (χ3v) is 9.41. The lowest BCUT2D eigenvalue weighted by Crippen LogP contribution is -2.66. The van der Waals surface area contributed by atoms with Crippen molar-refractivity contribution in [2.75, 3.05) is 25.4 Å². The molecule has 2 aliphatic heterocycles. The first-order valence-corrected chi connectivity index (χ1v) is 15.8. The van der Waals surface area contributed by atoms with Gasteiger partial charge in [-0.05, 0) is 35.7 Å². The number of rotatable bonds is 9. The summed E-state index contributed by atoms with van der Waals surface area (Å²) in [6, 6.07) is 9.84. The predicted octanol–water partition coefficient (Wildman–Crippen LogP) is 3.87.